The summed E-state index contributed by atoms with van der Waals surface area (Å²) in [4.78, 5) is 24.4. The van der Waals surface area contributed by atoms with Crippen LogP contribution in [0.4, 0.5) is 10.1 Å². The Balaban J connectivity index is 1.26. The van der Waals surface area contributed by atoms with E-state index < -0.39 is 5.97 Å². The SMILES string of the molecule is CC(C(=O)O)C1CCC(N2CC=C(c3[nH]c4nccc5c4c3CN(C)c3ccc(F)cc3-5)CC2)CC1. The van der Waals surface area contributed by atoms with Gasteiger partial charge in [-0.1, -0.05) is 13.0 Å². The Labute approximate surface area is 210 Å². The average molecular weight is 489 g/mol. The minimum atomic E-state index is -0.668. The highest BCUT2D eigenvalue weighted by Crippen LogP contribution is 2.43. The van der Waals surface area contributed by atoms with Crippen molar-refractivity contribution in [2.75, 3.05) is 25.0 Å². The monoisotopic (exact) mass is 488 g/mol. The molecule has 2 aliphatic heterocycles. The Morgan fingerprint density at radius 2 is 2.00 bits per heavy atom. The van der Waals surface area contributed by atoms with Gasteiger partial charge in [0, 0.05) is 66.8 Å². The molecule has 6 nitrogen and oxygen atoms in total. The molecule has 2 aromatic heterocycles. The fraction of sp³-hybridized carbons (Fsp3) is 0.448. The van der Waals surface area contributed by atoms with Crippen molar-refractivity contribution in [3.63, 3.8) is 0 Å². The number of rotatable bonds is 4. The number of hydrogen-bond donors (Lipinski definition) is 2. The van der Waals surface area contributed by atoms with Crippen LogP contribution in [-0.2, 0) is 11.3 Å². The van der Waals surface area contributed by atoms with E-state index >= 15 is 0 Å². The number of fused-ring (bicyclic) bond motifs is 2. The van der Waals surface area contributed by atoms with Crippen molar-refractivity contribution >= 4 is 28.3 Å². The number of aromatic nitrogens is 2. The first kappa shape index (κ1) is 23.2. The van der Waals surface area contributed by atoms with Crippen LogP contribution in [0.3, 0.4) is 0 Å². The molecule has 0 spiro atoms. The summed E-state index contributed by atoms with van der Waals surface area (Å²) in [5.74, 6) is -0.845. The molecule has 3 aliphatic rings. The standard InChI is InChI=1S/C29H33FN4O2/c1-17(29(35)36)18-3-6-21(7-4-18)34-13-10-19(11-14-34)27-24-16-33(2)25-8-5-20(30)15-23(25)22-9-12-31-28(32-27)26(22)24/h5,8-10,12,15,17-18,21H,3-4,6-7,11,13-14,16H2,1-2H3,(H,31,32)(H,35,36). The third kappa shape index (κ3) is 3.90. The Morgan fingerprint density at radius 3 is 2.72 bits per heavy atom. The van der Waals surface area contributed by atoms with Gasteiger partial charge in [0.05, 0.1) is 5.92 Å². The fourth-order valence-corrected chi connectivity index (χ4v) is 6.63. The van der Waals surface area contributed by atoms with Crippen molar-refractivity contribution in [1.82, 2.24) is 14.9 Å². The van der Waals surface area contributed by atoms with Crippen LogP contribution in [-0.4, -0.2) is 52.1 Å². The van der Waals surface area contributed by atoms with Crippen LogP contribution >= 0.6 is 0 Å². The summed E-state index contributed by atoms with van der Waals surface area (Å²) in [6.45, 7) is 4.51. The van der Waals surface area contributed by atoms with Gasteiger partial charge in [-0.2, -0.15) is 0 Å². The number of nitrogens with zero attached hydrogens (tertiary/aromatic N) is 3. The number of carboxylic acid groups (broad SMARTS) is 1. The van der Waals surface area contributed by atoms with E-state index in [1.54, 1.807) is 12.3 Å². The first-order valence-electron chi connectivity index (χ1n) is 13.1. The van der Waals surface area contributed by atoms with Crippen LogP contribution in [0.1, 0.15) is 50.3 Å². The molecule has 1 saturated carbocycles. The molecule has 7 heteroatoms. The summed E-state index contributed by atoms with van der Waals surface area (Å²) in [5.41, 5.74) is 7.54. The average Bonchev–Trinajstić information content (AvgIpc) is 3.20. The second-order valence-electron chi connectivity index (χ2n) is 10.7. The lowest BCUT2D eigenvalue weighted by atomic mass is 9.78. The maximum atomic E-state index is 14.2. The maximum Gasteiger partial charge on any atom is 0.306 e. The number of carbonyl (C=O) groups is 1. The number of benzene rings is 1. The van der Waals surface area contributed by atoms with Crippen molar-refractivity contribution < 1.29 is 14.3 Å². The first-order chi connectivity index (χ1) is 17.4. The van der Waals surface area contributed by atoms with Gasteiger partial charge in [0.25, 0.3) is 0 Å². The lowest BCUT2D eigenvalue weighted by Gasteiger charge is -2.39. The molecular weight excluding hydrogens is 455 g/mol. The van der Waals surface area contributed by atoms with Gasteiger partial charge in [0.1, 0.15) is 11.5 Å². The number of aromatic amines is 1. The summed E-state index contributed by atoms with van der Waals surface area (Å²) in [6, 6.07) is 7.57. The molecular formula is C29H33FN4O2. The van der Waals surface area contributed by atoms with Gasteiger partial charge in [-0.25, -0.2) is 9.37 Å². The smallest absolute Gasteiger partial charge is 0.306 e. The molecule has 0 amide bonds. The number of pyridine rings is 1. The van der Waals surface area contributed by atoms with E-state index in [4.69, 9.17) is 0 Å². The molecule has 0 bridgehead atoms. The normalized spacial score (nSPS) is 23.2. The molecule has 1 atom stereocenters. The van der Waals surface area contributed by atoms with Crippen molar-refractivity contribution in [3.05, 3.63) is 53.6 Å². The molecule has 1 aromatic carbocycles. The van der Waals surface area contributed by atoms with Crippen LogP contribution in [0.15, 0.2) is 36.5 Å². The highest BCUT2D eigenvalue weighted by molar-refractivity contribution is 6.02. The molecule has 1 unspecified atom stereocenters. The maximum absolute atomic E-state index is 14.2. The van der Waals surface area contributed by atoms with Gasteiger partial charge in [-0.15, -0.1) is 0 Å². The van der Waals surface area contributed by atoms with Crippen molar-refractivity contribution in [1.29, 1.82) is 0 Å². The number of aliphatic carboxylic acids is 1. The van der Waals surface area contributed by atoms with E-state index in [0.29, 0.717) is 12.0 Å². The number of carboxylic acids is 1. The molecule has 36 heavy (non-hydrogen) atoms. The predicted molar refractivity (Wildman–Crippen MR) is 140 cm³/mol. The van der Waals surface area contributed by atoms with Crippen LogP contribution < -0.4 is 4.90 Å². The molecule has 0 radical (unpaired) electrons. The van der Waals surface area contributed by atoms with Gasteiger partial charge in [0.15, 0.2) is 0 Å². The van der Waals surface area contributed by atoms with Gasteiger partial charge in [-0.05, 0) is 73.4 Å². The molecule has 1 aliphatic carbocycles. The van der Waals surface area contributed by atoms with Gasteiger partial charge in [0.2, 0.25) is 0 Å². The predicted octanol–water partition coefficient (Wildman–Crippen LogP) is 5.69. The number of nitrogens with one attached hydrogen (secondary N) is 1. The Bertz CT molecular complexity index is 1350. The highest BCUT2D eigenvalue weighted by atomic mass is 19.1. The number of hydrogen-bond acceptors (Lipinski definition) is 4. The van der Waals surface area contributed by atoms with Gasteiger partial charge in [-0.3, -0.25) is 9.69 Å². The number of H-pyrrole nitrogens is 1. The summed E-state index contributed by atoms with van der Waals surface area (Å²) in [7, 11) is 2.07. The topological polar surface area (TPSA) is 72.5 Å². The van der Waals surface area contributed by atoms with Crippen molar-refractivity contribution in [3.8, 4) is 11.1 Å². The summed E-state index contributed by atoms with van der Waals surface area (Å²) >= 11 is 0. The van der Waals surface area contributed by atoms with Crippen LogP contribution in [0.2, 0.25) is 0 Å². The minimum absolute atomic E-state index is 0.229. The lowest BCUT2D eigenvalue weighted by Crippen LogP contribution is -2.41. The summed E-state index contributed by atoms with van der Waals surface area (Å²) in [6.07, 6.45) is 9.28. The molecule has 3 aromatic rings. The molecule has 188 valence electrons. The van der Waals surface area contributed by atoms with E-state index in [-0.39, 0.29) is 11.7 Å². The molecule has 4 heterocycles. The fourth-order valence-electron chi connectivity index (χ4n) is 6.63. The second-order valence-corrected chi connectivity index (χ2v) is 10.7. The quantitative estimate of drug-likeness (QED) is 0.494. The van der Waals surface area contributed by atoms with Crippen LogP contribution in [0.5, 0.6) is 0 Å². The van der Waals surface area contributed by atoms with E-state index in [1.807, 2.05) is 19.1 Å². The molecule has 1 fully saturated rings. The molecule has 0 saturated heterocycles. The van der Waals surface area contributed by atoms with Crippen molar-refractivity contribution in [2.24, 2.45) is 11.8 Å². The zero-order valence-corrected chi connectivity index (χ0v) is 20.9. The number of anilines is 1. The Hall–Kier alpha value is -3.19. The first-order valence-corrected chi connectivity index (χ1v) is 13.1. The van der Waals surface area contributed by atoms with Crippen LogP contribution in [0, 0.1) is 17.7 Å². The van der Waals surface area contributed by atoms with Gasteiger partial charge < -0.3 is 15.0 Å². The third-order valence-corrected chi connectivity index (χ3v) is 8.77. The van der Waals surface area contributed by atoms with E-state index in [1.165, 1.54) is 17.2 Å². The molecule has 2 N–H and O–H groups in total. The second kappa shape index (κ2) is 9.04. The number of halogens is 1. The van der Waals surface area contributed by atoms with E-state index in [0.717, 1.165) is 85.3 Å². The van der Waals surface area contributed by atoms with Crippen LogP contribution in [0.25, 0.3) is 27.7 Å². The summed E-state index contributed by atoms with van der Waals surface area (Å²) < 4.78 is 14.2. The summed E-state index contributed by atoms with van der Waals surface area (Å²) in [5, 5.41) is 10.4. The Morgan fingerprint density at radius 1 is 1.19 bits per heavy atom. The minimum Gasteiger partial charge on any atom is -0.481 e. The van der Waals surface area contributed by atoms with E-state index in [9.17, 15) is 14.3 Å². The zero-order chi connectivity index (χ0) is 25.0. The molecule has 6 rings (SSSR count). The third-order valence-electron chi connectivity index (χ3n) is 8.77. The van der Waals surface area contributed by atoms with E-state index in [2.05, 4.69) is 32.9 Å². The lowest BCUT2D eigenvalue weighted by molar-refractivity contribution is -0.143. The van der Waals surface area contributed by atoms with Gasteiger partial charge >= 0.3 is 5.97 Å². The highest BCUT2D eigenvalue weighted by Gasteiger charge is 2.32. The van der Waals surface area contributed by atoms with Crippen molar-refractivity contribution in [2.45, 2.75) is 51.6 Å². The largest absolute Gasteiger partial charge is 0.481 e. The zero-order valence-electron chi connectivity index (χ0n) is 20.9. The Kier molecular flexibility index (Phi) is 5.83.